The molecule has 4 fully saturated rings. The van der Waals surface area contributed by atoms with Gasteiger partial charge in [0, 0.05) is 91.6 Å². The molecular formula is C47H61N9O6S. The first-order chi connectivity index (χ1) is 30.3. The molecule has 0 saturated heterocycles. The highest BCUT2D eigenvalue weighted by atomic mass is 32.1. The Morgan fingerprint density at radius 3 is 2.44 bits per heavy atom. The molecule has 5 aliphatic rings. The third-order valence-corrected chi connectivity index (χ3v) is 16.5. The minimum atomic E-state index is -1.16. The zero-order chi connectivity index (χ0) is 44.4. The van der Waals surface area contributed by atoms with Crippen molar-refractivity contribution in [2.45, 2.75) is 91.1 Å². The van der Waals surface area contributed by atoms with E-state index in [0.717, 1.165) is 104 Å². The largest absolute Gasteiger partial charge is 0.497 e. The fraction of sp³-hybridized carbons (Fsp3) is 0.574. The lowest BCUT2D eigenvalue weighted by atomic mass is 9.25. The zero-order valence-corrected chi connectivity index (χ0v) is 38.0. The predicted octanol–water partition coefficient (Wildman–Crippen LogP) is 7.11. The maximum absolute atomic E-state index is 12.9. The van der Waals surface area contributed by atoms with E-state index in [9.17, 15) is 20.1 Å². The first-order valence-corrected chi connectivity index (χ1v) is 23.2. The standard InChI is InChI=1S/C47H61N9O6S/c1-29-32-9-6-16-56(40(32)54-53-39(29)52-42-50-35-21-31(61-5)10-12-36(35)63-42)37-13-11-33(38(51-37)41(59)60)34(22-48)30(2)49-28-45-23-43(3)25-46(26-44(4,24-45)47(43,46)27-45)62-20-17-55(14-7-18-57)15-8-19-58/h10-13,21-22,48-49,57-58H,6-9,14-20,23-28H2,1-5H3,(H,59,60)(H,50,52,53)/b34-30+,48-22?. The van der Waals surface area contributed by atoms with E-state index in [1.165, 1.54) is 17.6 Å². The number of carboxylic acid groups (broad SMARTS) is 1. The third-order valence-electron chi connectivity index (χ3n) is 15.5. The Morgan fingerprint density at radius 2 is 1.76 bits per heavy atom. The van der Waals surface area contributed by atoms with Gasteiger partial charge in [-0.3, -0.25) is 0 Å². The molecule has 0 amide bonds. The summed E-state index contributed by atoms with van der Waals surface area (Å²) >= 11 is 1.53. The summed E-state index contributed by atoms with van der Waals surface area (Å²) in [6.07, 6.45) is 9.75. The lowest BCUT2D eigenvalue weighted by Gasteiger charge is -2.82. The van der Waals surface area contributed by atoms with Gasteiger partial charge in [0.25, 0.3) is 0 Å². The van der Waals surface area contributed by atoms with Gasteiger partial charge in [-0.1, -0.05) is 25.2 Å². The second kappa shape index (κ2) is 16.4. The van der Waals surface area contributed by atoms with Crippen molar-refractivity contribution in [3.63, 3.8) is 0 Å². The molecule has 4 aromatic rings. The summed E-state index contributed by atoms with van der Waals surface area (Å²) in [5.41, 5.74) is 4.85. The van der Waals surface area contributed by atoms with Crippen LogP contribution in [0, 0.1) is 34.0 Å². The van der Waals surface area contributed by atoms with Crippen molar-refractivity contribution in [2.75, 3.05) is 69.9 Å². The van der Waals surface area contributed by atoms with Gasteiger partial charge in [0.05, 0.1) is 29.5 Å². The van der Waals surface area contributed by atoms with Gasteiger partial charge in [-0.05, 0) is 112 Å². The Kier molecular flexibility index (Phi) is 11.3. The van der Waals surface area contributed by atoms with E-state index in [1.54, 1.807) is 13.2 Å². The molecule has 2 bridgehead atoms. The number of thiazole rings is 1. The number of pyridine rings is 1. The fourth-order valence-corrected chi connectivity index (χ4v) is 14.4. The second-order valence-corrected chi connectivity index (χ2v) is 20.4. The van der Waals surface area contributed by atoms with E-state index in [1.807, 2.05) is 43.0 Å². The van der Waals surface area contributed by atoms with Crippen LogP contribution in [-0.4, -0.2) is 118 Å². The third kappa shape index (κ3) is 6.98. The Labute approximate surface area is 372 Å². The number of hydrogen-bond acceptors (Lipinski definition) is 15. The highest BCUT2D eigenvalue weighted by Gasteiger charge is 2.93. The normalized spacial score (nSPS) is 28.0. The van der Waals surface area contributed by atoms with Gasteiger partial charge >= 0.3 is 5.97 Å². The molecule has 4 heterocycles. The quantitative estimate of drug-likeness (QED) is 0.0491. The summed E-state index contributed by atoms with van der Waals surface area (Å²) in [6, 6.07) is 9.40. The highest BCUT2D eigenvalue weighted by molar-refractivity contribution is 7.22. The number of anilines is 4. The number of aromatic carboxylic acids is 1. The summed E-state index contributed by atoms with van der Waals surface area (Å²) in [6.45, 7) is 13.6. The number of aromatic nitrogens is 4. The number of ether oxygens (including phenoxy) is 2. The Morgan fingerprint density at radius 1 is 1.02 bits per heavy atom. The average Bonchev–Trinajstić information content (AvgIpc) is 3.86. The summed E-state index contributed by atoms with van der Waals surface area (Å²) in [5.74, 6) is 1.33. The molecule has 6 N–H and O–H groups in total. The van der Waals surface area contributed by atoms with Crippen molar-refractivity contribution in [1.82, 2.24) is 30.4 Å². The van der Waals surface area contributed by atoms with Gasteiger partial charge in [0.1, 0.15) is 11.6 Å². The van der Waals surface area contributed by atoms with Crippen LogP contribution in [0.2, 0.25) is 0 Å². The molecule has 2 unspecified atom stereocenters. The minimum absolute atomic E-state index is 0.0737. The van der Waals surface area contributed by atoms with Gasteiger partial charge in [-0.2, -0.15) is 0 Å². The van der Waals surface area contributed by atoms with E-state index < -0.39 is 5.97 Å². The van der Waals surface area contributed by atoms with Gasteiger partial charge < -0.3 is 50.6 Å². The van der Waals surface area contributed by atoms with Crippen LogP contribution in [0.5, 0.6) is 5.75 Å². The fourth-order valence-electron chi connectivity index (χ4n) is 13.6. The van der Waals surface area contributed by atoms with E-state index in [-0.39, 0.29) is 46.2 Å². The topological polar surface area (TPSA) is 202 Å². The molecule has 1 aliphatic heterocycles. The Hall–Kier alpha value is -4.74. The molecule has 9 rings (SSSR count). The first kappa shape index (κ1) is 43.5. The van der Waals surface area contributed by atoms with Crippen molar-refractivity contribution in [3.8, 4) is 5.75 Å². The number of nitrogens with one attached hydrogen (secondary N) is 3. The van der Waals surface area contributed by atoms with Crippen LogP contribution in [0.25, 0.3) is 15.8 Å². The second-order valence-electron chi connectivity index (χ2n) is 19.4. The van der Waals surface area contributed by atoms with Crippen LogP contribution in [0.15, 0.2) is 36.0 Å². The zero-order valence-electron chi connectivity index (χ0n) is 37.1. The van der Waals surface area contributed by atoms with Crippen LogP contribution in [-0.2, 0) is 11.2 Å². The van der Waals surface area contributed by atoms with Crippen LogP contribution in [0.3, 0.4) is 0 Å². The molecule has 63 heavy (non-hydrogen) atoms. The summed E-state index contributed by atoms with van der Waals surface area (Å²) < 4.78 is 13.3. The molecule has 16 heteroatoms. The lowest BCUT2D eigenvalue weighted by Crippen LogP contribution is -2.82. The number of carboxylic acids is 1. The minimum Gasteiger partial charge on any atom is -0.497 e. The summed E-state index contributed by atoms with van der Waals surface area (Å²) in [5, 5.41) is 54.9. The van der Waals surface area contributed by atoms with Crippen LogP contribution in [0.1, 0.15) is 99.3 Å². The van der Waals surface area contributed by atoms with Crippen molar-refractivity contribution in [2.24, 2.45) is 21.7 Å². The average molecular weight is 880 g/mol. The molecule has 4 aliphatic carbocycles. The molecule has 336 valence electrons. The van der Waals surface area contributed by atoms with Crippen molar-refractivity contribution >= 4 is 61.9 Å². The van der Waals surface area contributed by atoms with Crippen LogP contribution in [0.4, 0.5) is 22.6 Å². The smallest absolute Gasteiger partial charge is 0.355 e. The van der Waals surface area contributed by atoms with E-state index in [4.69, 9.17) is 24.9 Å². The molecule has 1 spiro atoms. The monoisotopic (exact) mass is 879 g/mol. The van der Waals surface area contributed by atoms with Crippen molar-refractivity contribution in [3.05, 3.63) is 58.4 Å². The SMILES string of the molecule is COc1ccc2sc(Nc3nnc4c(c3C)CCCN4c3ccc(/C(C=N)=C(\C)NCC45CC6(C)CC7(OCCN(CCCO)CCCO)CC(C)(C4)C67C5)c(C(=O)O)n3)nc2c1. The van der Waals surface area contributed by atoms with E-state index in [2.05, 4.69) is 39.6 Å². The number of aliphatic hydroxyl groups excluding tert-OH is 2. The molecule has 2 atom stereocenters. The van der Waals surface area contributed by atoms with Gasteiger partial charge in [0.2, 0.25) is 0 Å². The highest BCUT2D eigenvalue weighted by Crippen LogP contribution is 2.95. The van der Waals surface area contributed by atoms with Crippen molar-refractivity contribution in [1.29, 1.82) is 5.41 Å². The molecule has 15 nitrogen and oxygen atoms in total. The van der Waals surface area contributed by atoms with Gasteiger partial charge in [0.15, 0.2) is 22.5 Å². The Bertz CT molecular complexity index is 2440. The lowest BCUT2D eigenvalue weighted by molar-refractivity contribution is -0.397. The number of rotatable bonds is 20. The number of carbonyl (C=O) groups is 1. The summed E-state index contributed by atoms with van der Waals surface area (Å²) in [4.78, 5) is 26.6. The van der Waals surface area contributed by atoms with Crippen LogP contribution >= 0.6 is 11.3 Å². The summed E-state index contributed by atoms with van der Waals surface area (Å²) in [7, 11) is 1.64. The molecule has 4 saturated carbocycles. The number of aliphatic hydroxyl groups is 2. The van der Waals surface area contributed by atoms with Crippen molar-refractivity contribution < 1.29 is 29.6 Å². The number of hydrogen-bond donors (Lipinski definition) is 6. The number of fused-ring (bicyclic) bond motifs is 3. The number of benzene rings is 1. The van der Waals surface area contributed by atoms with E-state index in [0.29, 0.717) is 59.7 Å². The van der Waals surface area contributed by atoms with Crippen LogP contribution < -0.4 is 20.3 Å². The maximum atomic E-state index is 12.9. The number of nitrogens with zero attached hydrogens (tertiary/aromatic N) is 6. The van der Waals surface area contributed by atoms with E-state index >= 15 is 0 Å². The Balaban J connectivity index is 0.903. The molecule has 1 aromatic carbocycles. The molecular weight excluding hydrogens is 819 g/mol. The molecule has 0 radical (unpaired) electrons. The number of methoxy groups -OCH3 is 1. The van der Waals surface area contributed by atoms with Gasteiger partial charge in [-0.25, -0.2) is 14.8 Å². The predicted molar refractivity (Wildman–Crippen MR) is 245 cm³/mol. The maximum Gasteiger partial charge on any atom is 0.355 e. The number of allylic oxidation sites excluding steroid dienone is 2. The molecule has 3 aromatic heterocycles. The first-order valence-electron chi connectivity index (χ1n) is 22.4. The van der Waals surface area contributed by atoms with Gasteiger partial charge in [-0.15, -0.1) is 10.2 Å².